The Hall–Kier alpha value is -5.29. The molecule has 4 aromatic carbocycles. The van der Waals surface area contributed by atoms with Crippen LogP contribution in [0.3, 0.4) is 0 Å². The van der Waals surface area contributed by atoms with E-state index >= 15 is 0 Å². The number of halogens is 1. The Morgan fingerprint density at radius 2 is 1.58 bits per heavy atom. The first-order valence-electron chi connectivity index (χ1n) is 13.7. The van der Waals surface area contributed by atoms with Crippen molar-refractivity contribution in [1.29, 1.82) is 5.26 Å². The Kier molecular flexibility index (Phi) is 8.35. The van der Waals surface area contributed by atoms with E-state index in [0.717, 1.165) is 11.1 Å². The predicted octanol–water partition coefficient (Wildman–Crippen LogP) is 6.90. The minimum Gasteiger partial charge on any atom is -0.489 e. The van der Waals surface area contributed by atoms with Gasteiger partial charge in [0.15, 0.2) is 6.61 Å². The molecule has 1 unspecified atom stereocenters. The van der Waals surface area contributed by atoms with Crippen molar-refractivity contribution in [2.24, 2.45) is 5.73 Å². The summed E-state index contributed by atoms with van der Waals surface area (Å²) in [6, 6.07) is 28.2. The standard InChI is InChI=1S/C35H31FN2O5/c1-35(2,3)24-10-14-26(15-11-24)41-21-32(39)42-27-16-17-28-31(18-27)43-34(38)29(19-37)33(28)22-8-12-25(13-9-22)40-20-23-6-4-5-7-30(23)36/h4-18,33H,20-21,38H2,1-3H3. The second-order valence-electron chi connectivity index (χ2n) is 11.1. The molecule has 0 aliphatic carbocycles. The molecule has 0 radical (unpaired) electrons. The second-order valence-corrected chi connectivity index (χ2v) is 11.1. The SMILES string of the molecule is CC(C)(C)c1ccc(OCC(=O)Oc2ccc3c(c2)OC(N)=C(C#N)C3c2ccc(OCc3ccccc3F)cc2)cc1. The van der Waals surface area contributed by atoms with Gasteiger partial charge in [0.25, 0.3) is 0 Å². The first kappa shape index (κ1) is 29.2. The molecule has 0 bridgehead atoms. The lowest BCUT2D eigenvalue weighted by Crippen LogP contribution is -2.21. The number of benzene rings is 4. The number of hydrogen-bond acceptors (Lipinski definition) is 7. The lowest BCUT2D eigenvalue weighted by molar-refractivity contribution is -0.136. The number of nitrogens with zero attached hydrogens (tertiary/aromatic N) is 1. The lowest BCUT2D eigenvalue weighted by Gasteiger charge is -2.26. The fourth-order valence-corrected chi connectivity index (χ4v) is 4.73. The molecule has 1 aliphatic heterocycles. The molecule has 0 fully saturated rings. The largest absolute Gasteiger partial charge is 0.489 e. The Labute approximate surface area is 249 Å². The van der Waals surface area contributed by atoms with E-state index in [4.69, 9.17) is 24.7 Å². The van der Waals surface area contributed by atoms with Crippen molar-refractivity contribution < 1.29 is 28.1 Å². The van der Waals surface area contributed by atoms with Crippen LogP contribution in [0.2, 0.25) is 0 Å². The van der Waals surface area contributed by atoms with Crippen molar-refractivity contribution in [3.8, 4) is 29.1 Å². The molecule has 0 saturated carbocycles. The average molecular weight is 579 g/mol. The summed E-state index contributed by atoms with van der Waals surface area (Å²) in [6.07, 6.45) is 0. The molecular formula is C35H31FN2O5. The third kappa shape index (κ3) is 6.79. The van der Waals surface area contributed by atoms with Crippen molar-refractivity contribution in [2.45, 2.75) is 38.7 Å². The monoisotopic (exact) mass is 578 g/mol. The van der Waals surface area contributed by atoms with E-state index in [1.807, 2.05) is 36.4 Å². The molecule has 0 spiro atoms. The zero-order chi connectivity index (χ0) is 30.6. The summed E-state index contributed by atoms with van der Waals surface area (Å²) in [4.78, 5) is 12.5. The fraction of sp³-hybridized carbons (Fsp3) is 0.200. The topological polar surface area (TPSA) is 104 Å². The molecular weight excluding hydrogens is 547 g/mol. The molecule has 2 N–H and O–H groups in total. The zero-order valence-corrected chi connectivity index (χ0v) is 24.1. The van der Waals surface area contributed by atoms with Gasteiger partial charge in [-0.15, -0.1) is 0 Å². The van der Waals surface area contributed by atoms with E-state index in [0.29, 0.717) is 28.4 Å². The number of nitrogens with two attached hydrogens (primary N) is 1. The number of esters is 1. The number of ether oxygens (including phenoxy) is 4. The van der Waals surface area contributed by atoms with E-state index in [-0.39, 0.29) is 41.7 Å². The van der Waals surface area contributed by atoms with Crippen molar-refractivity contribution in [3.63, 3.8) is 0 Å². The molecule has 1 heterocycles. The quantitative estimate of drug-likeness (QED) is 0.179. The minimum atomic E-state index is -0.584. The van der Waals surface area contributed by atoms with E-state index in [1.165, 1.54) is 6.07 Å². The summed E-state index contributed by atoms with van der Waals surface area (Å²) in [6.45, 7) is 6.18. The van der Waals surface area contributed by atoms with Crippen LogP contribution in [0.1, 0.15) is 48.9 Å². The van der Waals surface area contributed by atoms with E-state index in [1.54, 1.807) is 48.5 Å². The molecule has 0 saturated heterocycles. The highest BCUT2D eigenvalue weighted by Gasteiger charge is 2.31. The fourth-order valence-electron chi connectivity index (χ4n) is 4.73. The van der Waals surface area contributed by atoms with Crippen LogP contribution in [0.5, 0.6) is 23.0 Å². The summed E-state index contributed by atoms with van der Waals surface area (Å²) in [5, 5.41) is 9.88. The molecule has 0 aromatic heterocycles. The maximum atomic E-state index is 13.9. The van der Waals surface area contributed by atoms with Crippen LogP contribution in [-0.4, -0.2) is 12.6 Å². The first-order chi connectivity index (χ1) is 20.6. The van der Waals surface area contributed by atoms with Crippen LogP contribution in [0, 0.1) is 17.1 Å². The molecule has 218 valence electrons. The minimum absolute atomic E-state index is 0.0137. The van der Waals surface area contributed by atoms with Crippen molar-refractivity contribution in [1.82, 2.24) is 0 Å². The van der Waals surface area contributed by atoms with Gasteiger partial charge in [-0.05, 0) is 52.9 Å². The maximum Gasteiger partial charge on any atom is 0.349 e. The van der Waals surface area contributed by atoms with Crippen LogP contribution in [0.4, 0.5) is 4.39 Å². The van der Waals surface area contributed by atoms with Gasteiger partial charge < -0.3 is 24.7 Å². The highest BCUT2D eigenvalue weighted by atomic mass is 19.1. The normalized spacial score (nSPS) is 14.3. The van der Waals surface area contributed by atoms with Gasteiger partial charge in [0.05, 0.1) is 5.92 Å². The zero-order valence-electron chi connectivity index (χ0n) is 24.1. The first-order valence-corrected chi connectivity index (χ1v) is 13.7. The summed E-state index contributed by atoms with van der Waals surface area (Å²) in [5.41, 5.74) is 9.47. The van der Waals surface area contributed by atoms with Crippen LogP contribution < -0.4 is 24.7 Å². The van der Waals surface area contributed by atoms with Gasteiger partial charge in [-0.3, -0.25) is 0 Å². The second kappa shape index (κ2) is 12.3. The number of rotatable bonds is 8. The van der Waals surface area contributed by atoms with Crippen molar-refractivity contribution >= 4 is 5.97 Å². The Morgan fingerprint density at radius 3 is 2.26 bits per heavy atom. The number of nitriles is 1. The number of fused-ring (bicyclic) bond motifs is 1. The number of carbonyl (C=O) groups is 1. The third-order valence-electron chi connectivity index (χ3n) is 7.06. The third-order valence-corrected chi connectivity index (χ3v) is 7.06. The number of allylic oxidation sites excluding steroid dienone is 1. The molecule has 43 heavy (non-hydrogen) atoms. The predicted molar refractivity (Wildman–Crippen MR) is 159 cm³/mol. The van der Waals surface area contributed by atoms with Crippen LogP contribution in [0.25, 0.3) is 0 Å². The van der Waals surface area contributed by atoms with E-state index in [2.05, 4.69) is 26.8 Å². The smallest absolute Gasteiger partial charge is 0.349 e. The van der Waals surface area contributed by atoms with Gasteiger partial charge in [-0.1, -0.05) is 69.3 Å². The van der Waals surface area contributed by atoms with E-state index in [9.17, 15) is 14.4 Å². The molecule has 7 nitrogen and oxygen atoms in total. The molecule has 4 aromatic rings. The van der Waals surface area contributed by atoms with Crippen molar-refractivity contribution in [3.05, 3.63) is 131 Å². The van der Waals surface area contributed by atoms with Gasteiger partial charge in [-0.2, -0.15) is 5.26 Å². The summed E-state index contributed by atoms with van der Waals surface area (Å²) < 4.78 is 36.5. The summed E-state index contributed by atoms with van der Waals surface area (Å²) >= 11 is 0. The van der Waals surface area contributed by atoms with Gasteiger partial charge in [-0.25, -0.2) is 9.18 Å². The van der Waals surface area contributed by atoms with Gasteiger partial charge >= 0.3 is 5.97 Å². The molecule has 8 heteroatoms. The van der Waals surface area contributed by atoms with Gasteiger partial charge in [0, 0.05) is 17.2 Å². The summed E-state index contributed by atoms with van der Waals surface area (Å²) in [7, 11) is 0. The van der Waals surface area contributed by atoms with Gasteiger partial charge in [0.1, 0.15) is 47.1 Å². The lowest BCUT2D eigenvalue weighted by atomic mass is 9.83. The van der Waals surface area contributed by atoms with Gasteiger partial charge in [0.2, 0.25) is 5.88 Å². The van der Waals surface area contributed by atoms with Crippen LogP contribution >= 0.6 is 0 Å². The number of hydrogen-bond donors (Lipinski definition) is 1. The van der Waals surface area contributed by atoms with Crippen molar-refractivity contribution in [2.75, 3.05) is 6.61 Å². The maximum absolute atomic E-state index is 13.9. The van der Waals surface area contributed by atoms with E-state index < -0.39 is 11.9 Å². The average Bonchev–Trinajstić information content (AvgIpc) is 2.99. The molecule has 5 rings (SSSR count). The van der Waals surface area contributed by atoms with Crippen LogP contribution in [-0.2, 0) is 16.8 Å². The Bertz CT molecular complexity index is 1700. The van der Waals surface area contributed by atoms with Crippen LogP contribution in [0.15, 0.2) is 102 Å². The molecule has 1 atom stereocenters. The Morgan fingerprint density at radius 1 is 0.930 bits per heavy atom. The molecule has 0 amide bonds. The highest BCUT2D eigenvalue weighted by Crippen LogP contribution is 2.43. The highest BCUT2D eigenvalue weighted by molar-refractivity contribution is 5.74. The molecule has 1 aliphatic rings. The number of carbonyl (C=O) groups excluding carboxylic acids is 1. The Balaban J connectivity index is 1.27. The summed E-state index contributed by atoms with van der Waals surface area (Å²) in [5.74, 6) is 0.255.